The van der Waals surface area contributed by atoms with E-state index in [1.165, 1.54) is 65.7 Å². The SMILES string of the molecule is Cc1ccc2ccc3c4c2c1C(c1ccc2ccccc2c1)C(=O)C4c1cc2ccccc2cc1C3. The normalized spacial score (nSPS) is 18.1. The molecule has 170 valence electrons. The first-order chi connectivity index (χ1) is 17.7. The first-order valence-corrected chi connectivity index (χ1v) is 12.8. The number of benzene rings is 6. The van der Waals surface area contributed by atoms with Gasteiger partial charge in [-0.1, -0.05) is 97.1 Å². The van der Waals surface area contributed by atoms with Gasteiger partial charge >= 0.3 is 0 Å². The second-order valence-electron chi connectivity index (χ2n) is 10.5. The van der Waals surface area contributed by atoms with Gasteiger partial charge in [-0.05, 0) is 90.7 Å². The molecular weight excluding hydrogens is 436 g/mol. The maximum absolute atomic E-state index is 14.7. The Bertz CT molecular complexity index is 1890. The Morgan fingerprint density at radius 1 is 0.583 bits per heavy atom. The van der Waals surface area contributed by atoms with E-state index >= 15 is 0 Å². The molecule has 6 aromatic carbocycles. The minimum atomic E-state index is -0.275. The van der Waals surface area contributed by atoms with Crippen LogP contribution < -0.4 is 0 Å². The molecule has 36 heavy (non-hydrogen) atoms. The summed E-state index contributed by atoms with van der Waals surface area (Å²) in [5, 5.41) is 7.37. The van der Waals surface area contributed by atoms with Crippen LogP contribution >= 0.6 is 0 Å². The zero-order chi connectivity index (χ0) is 24.0. The van der Waals surface area contributed by atoms with E-state index < -0.39 is 0 Å². The molecule has 0 bridgehead atoms. The van der Waals surface area contributed by atoms with Gasteiger partial charge in [0.05, 0.1) is 11.8 Å². The van der Waals surface area contributed by atoms with Crippen molar-refractivity contribution in [3.63, 3.8) is 0 Å². The highest BCUT2D eigenvalue weighted by atomic mass is 16.1. The van der Waals surface area contributed by atoms with Crippen LogP contribution in [0.15, 0.2) is 103 Å². The Morgan fingerprint density at radius 2 is 1.25 bits per heavy atom. The molecule has 0 aromatic heterocycles. The lowest BCUT2D eigenvalue weighted by atomic mass is 9.64. The maximum atomic E-state index is 14.7. The number of hydrogen-bond acceptors (Lipinski definition) is 1. The van der Waals surface area contributed by atoms with E-state index in [9.17, 15) is 4.79 Å². The zero-order valence-corrected chi connectivity index (χ0v) is 20.1. The Kier molecular flexibility index (Phi) is 3.97. The van der Waals surface area contributed by atoms with Crippen LogP contribution in [0.1, 0.15) is 50.8 Å². The molecule has 6 aromatic rings. The number of Topliss-reactive ketones (excluding diaryl/α,β-unsaturated/α-hetero) is 1. The lowest BCUT2D eigenvalue weighted by Crippen LogP contribution is -2.31. The zero-order valence-electron chi connectivity index (χ0n) is 20.1. The van der Waals surface area contributed by atoms with Crippen molar-refractivity contribution in [1.82, 2.24) is 0 Å². The third-order valence-corrected chi connectivity index (χ3v) is 8.53. The van der Waals surface area contributed by atoms with Crippen LogP contribution in [-0.2, 0) is 11.2 Å². The predicted octanol–water partition coefficient (Wildman–Crippen LogP) is 8.21. The molecular formula is C35H24O. The lowest BCUT2D eigenvalue weighted by Gasteiger charge is -2.37. The lowest BCUT2D eigenvalue weighted by molar-refractivity contribution is -0.120. The summed E-state index contributed by atoms with van der Waals surface area (Å²) in [6.07, 6.45) is 0.878. The van der Waals surface area contributed by atoms with Crippen molar-refractivity contribution < 1.29 is 4.79 Å². The molecule has 2 aliphatic carbocycles. The number of ketones is 1. The fraction of sp³-hybridized carbons (Fsp3) is 0.114. The molecule has 0 amide bonds. The minimum Gasteiger partial charge on any atom is -0.298 e. The summed E-state index contributed by atoms with van der Waals surface area (Å²) < 4.78 is 0. The number of carbonyl (C=O) groups is 1. The average Bonchev–Trinajstić information content (AvgIpc) is 2.91. The van der Waals surface area contributed by atoms with Gasteiger partial charge in [0, 0.05) is 0 Å². The summed E-state index contributed by atoms with van der Waals surface area (Å²) in [6.45, 7) is 2.17. The maximum Gasteiger partial charge on any atom is 0.156 e. The van der Waals surface area contributed by atoms with E-state index in [0.29, 0.717) is 5.78 Å². The third-order valence-electron chi connectivity index (χ3n) is 8.53. The number of fused-ring (bicyclic) bond motifs is 4. The van der Waals surface area contributed by atoms with E-state index in [1.807, 2.05) is 0 Å². The van der Waals surface area contributed by atoms with Gasteiger partial charge < -0.3 is 0 Å². The summed E-state index contributed by atoms with van der Waals surface area (Å²) in [5.41, 5.74) is 8.51. The van der Waals surface area contributed by atoms with Crippen LogP contribution in [0.5, 0.6) is 0 Å². The van der Waals surface area contributed by atoms with Gasteiger partial charge in [-0.2, -0.15) is 0 Å². The van der Waals surface area contributed by atoms with Crippen molar-refractivity contribution in [2.45, 2.75) is 25.2 Å². The molecule has 0 fully saturated rings. The van der Waals surface area contributed by atoms with Gasteiger partial charge in [-0.3, -0.25) is 4.79 Å². The quantitative estimate of drug-likeness (QED) is 0.242. The van der Waals surface area contributed by atoms with E-state index in [0.717, 1.165) is 12.0 Å². The van der Waals surface area contributed by atoms with Crippen LogP contribution in [0.25, 0.3) is 32.3 Å². The average molecular weight is 461 g/mol. The molecule has 0 radical (unpaired) electrons. The second-order valence-corrected chi connectivity index (χ2v) is 10.5. The van der Waals surface area contributed by atoms with Crippen LogP contribution in [0.2, 0.25) is 0 Å². The van der Waals surface area contributed by atoms with Gasteiger partial charge in [0.25, 0.3) is 0 Å². The smallest absolute Gasteiger partial charge is 0.156 e. The number of rotatable bonds is 1. The van der Waals surface area contributed by atoms with Gasteiger partial charge in [0.15, 0.2) is 5.78 Å². The van der Waals surface area contributed by atoms with E-state index in [4.69, 9.17) is 0 Å². The number of aryl methyl sites for hydroxylation is 1. The molecule has 8 rings (SSSR count). The molecule has 2 aliphatic rings. The Labute approximate surface area is 210 Å². The highest BCUT2D eigenvalue weighted by Gasteiger charge is 2.43. The van der Waals surface area contributed by atoms with Crippen molar-refractivity contribution in [2.75, 3.05) is 0 Å². The molecule has 0 spiro atoms. The molecule has 0 saturated carbocycles. The third kappa shape index (κ3) is 2.63. The van der Waals surface area contributed by atoms with Gasteiger partial charge in [0.1, 0.15) is 0 Å². The fourth-order valence-corrected chi connectivity index (χ4v) is 6.89. The van der Waals surface area contributed by atoms with Crippen LogP contribution in [-0.4, -0.2) is 5.78 Å². The number of hydrogen-bond donors (Lipinski definition) is 0. The highest BCUT2D eigenvalue weighted by molar-refractivity contribution is 6.10. The number of carbonyl (C=O) groups excluding carboxylic acids is 1. The highest BCUT2D eigenvalue weighted by Crippen LogP contribution is 2.52. The van der Waals surface area contributed by atoms with Crippen molar-refractivity contribution in [2.24, 2.45) is 0 Å². The molecule has 0 aliphatic heterocycles. The van der Waals surface area contributed by atoms with E-state index in [-0.39, 0.29) is 11.8 Å². The first-order valence-electron chi connectivity index (χ1n) is 12.8. The second kappa shape index (κ2) is 7.15. The van der Waals surface area contributed by atoms with E-state index in [2.05, 4.69) is 110 Å². The van der Waals surface area contributed by atoms with Crippen molar-refractivity contribution >= 4 is 38.1 Å². The van der Waals surface area contributed by atoms with Crippen LogP contribution in [0, 0.1) is 6.92 Å². The molecule has 2 atom stereocenters. The standard InChI is InChI=1S/C35H24O/c1-20-10-11-22-13-15-26-18-28-17-24-8-4-5-9-25(24)19-29(28)34-32(26)31(22)30(20)33(35(34)36)27-14-12-21-6-2-3-7-23(21)16-27/h2-17,19,33-34H,18H2,1H3. The van der Waals surface area contributed by atoms with Gasteiger partial charge in [0.2, 0.25) is 0 Å². The molecule has 1 heteroatoms. The summed E-state index contributed by atoms with van der Waals surface area (Å²) in [4.78, 5) is 14.7. The molecule has 0 N–H and O–H groups in total. The molecule has 0 saturated heterocycles. The van der Waals surface area contributed by atoms with Crippen molar-refractivity contribution in [3.8, 4) is 0 Å². The Hall–Kier alpha value is -4.23. The minimum absolute atomic E-state index is 0.233. The molecule has 1 nitrogen and oxygen atoms in total. The Balaban J connectivity index is 1.47. The fourth-order valence-electron chi connectivity index (χ4n) is 6.89. The first kappa shape index (κ1) is 20.0. The summed E-state index contributed by atoms with van der Waals surface area (Å²) in [6, 6.07) is 37.0. The summed E-state index contributed by atoms with van der Waals surface area (Å²) in [5.74, 6) is -0.205. The van der Waals surface area contributed by atoms with Gasteiger partial charge in [-0.15, -0.1) is 0 Å². The van der Waals surface area contributed by atoms with Crippen LogP contribution in [0.3, 0.4) is 0 Å². The predicted molar refractivity (Wildman–Crippen MR) is 148 cm³/mol. The molecule has 0 heterocycles. The Morgan fingerprint density at radius 3 is 2.06 bits per heavy atom. The summed E-state index contributed by atoms with van der Waals surface area (Å²) >= 11 is 0. The van der Waals surface area contributed by atoms with Gasteiger partial charge in [-0.25, -0.2) is 0 Å². The summed E-state index contributed by atoms with van der Waals surface area (Å²) in [7, 11) is 0. The van der Waals surface area contributed by atoms with Crippen molar-refractivity contribution in [3.05, 3.63) is 142 Å². The van der Waals surface area contributed by atoms with Crippen molar-refractivity contribution in [1.29, 1.82) is 0 Å². The monoisotopic (exact) mass is 460 g/mol. The van der Waals surface area contributed by atoms with E-state index in [1.54, 1.807) is 0 Å². The van der Waals surface area contributed by atoms with Crippen LogP contribution in [0.4, 0.5) is 0 Å². The molecule has 2 unspecified atom stereocenters. The largest absolute Gasteiger partial charge is 0.298 e. The topological polar surface area (TPSA) is 17.1 Å².